The Labute approximate surface area is 136 Å². The predicted molar refractivity (Wildman–Crippen MR) is 86.2 cm³/mol. The summed E-state index contributed by atoms with van der Waals surface area (Å²) in [5, 5.41) is 0.530. The van der Waals surface area contributed by atoms with Crippen LogP contribution in [0.4, 0.5) is 4.79 Å². The number of ether oxygens (including phenoxy) is 2. The van der Waals surface area contributed by atoms with Crippen LogP contribution in [0.2, 0.25) is 5.02 Å². The lowest BCUT2D eigenvalue weighted by atomic mass is 10.00. The van der Waals surface area contributed by atoms with E-state index in [0.29, 0.717) is 30.3 Å². The Kier molecular flexibility index (Phi) is 4.87. The highest BCUT2D eigenvalue weighted by atomic mass is 35.5. The summed E-state index contributed by atoms with van der Waals surface area (Å²) in [4.78, 5) is 14.0. The predicted octanol–water partition coefficient (Wildman–Crippen LogP) is 3.49. The molecule has 1 aromatic rings. The second-order valence-corrected chi connectivity index (χ2v) is 6.89. The number of hydrogen-bond donors (Lipinski definition) is 1. The first-order valence-electron chi connectivity index (χ1n) is 7.31. The number of carbonyl (C=O) groups excluding carboxylic acids is 1. The Morgan fingerprint density at radius 1 is 1.41 bits per heavy atom. The van der Waals surface area contributed by atoms with Gasteiger partial charge in [-0.25, -0.2) is 4.79 Å². The molecule has 0 aromatic heterocycles. The van der Waals surface area contributed by atoms with Crippen LogP contribution in [-0.4, -0.2) is 30.2 Å². The van der Waals surface area contributed by atoms with E-state index in [1.807, 2.05) is 32.9 Å². The average Bonchev–Trinajstić information content (AvgIpc) is 2.56. The van der Waals surface area contributed by atoms with Crippen LogP contribution in [0, 0.1) is 0 Å². The number of nitrogens with two attached hydrogens (primary N) is 1. The highest BCUT2D eigenvalue weighted by Crippen LogP contribution is 2.34. The summed E-state index contributed by atoms with van der Waals surface area (Å²) in [6.07, 6.45) is 0.330. The zero-order valence-corrected chi connectivity index (χ0v) is 14.2. The van der Waals surface area contributed by atoms with E-state index in [1.54, 1.807) is 12.0 Å². The summed E-state index contributed by atoms with van der Waals surface area (Å²) in [6, 6.07) is 3.52. The Balaban J connectivity index is 2.29. The SMILES string of the molecule is COc1cc2c(cc1Cl)C(N)CCN(C(=O)OC(C)(C)C)C2. The highest BCUT2D eigenvalue weighted by molar-refractivity contribution is 6.32. The van der Waals surface area contributed by atoms with Gasteiger partial charge in [0.05, 0.1) is 12.1 Å². The number of rotatable bonds is 1. The van der Waals surface area contributed by atoms with Crippen molar-refractivity contribution < 1.29 is 14.3 Å². The number of carbonyl (C=O) groups is 1. The molecule has 1 aliphatic rings. The second-order valence-electron chi connectivity index (χ2n) is 6.48. The minimum Gasteiger partial charge on any atom is -0.495 e. The fraction of sp³-hybridized carbons (Fsp3) is 0.562. The summed E-state index contributed by atoms with van der Waals surface area (Å²) < 4.78 is 10.7. The summed E-state index contributed by atoms with van der Waals surface area (Å²) in [5.74, 6) is 0.582. The summed E-state index contributed by atoms with van der Waals surface area (Å²) in [5.41, 5.74) is 7.59. The molecule has 0 saturated heterocycles. The van der Waals surface area contributed by atoms with Crippen molar-refractivity contribution in [3.05, 3.63) is 28.3 Å². The van der Waals surface area contributed by atoms with Crippen LogP contribution in [0.15, 0.2) is 12.1 Å². The van der Waals surface area contributed by atoms with Gasteiger partial charge < -0.3 is 20.1 Å². The quantitative estimate of drug-likeness (QED) is 0.858. The molecule has 2 N–H and O–H groups in total. The lowest BCUT2D eigenvalue weighted by Gasteiger charge is -2.26. The third kappa shape index (κ3) is 3.84. The molecule has 2 rings (SSSR count). The van der Waals surface area contributed by atoms with Crippen molar-refractivity contribution in [2.24, 2.45) is 5.73 Å². The monoisotopic (exact) mass is 326 g/mol. The van der Waals surface area contributed by atoms with E-state index in [-0.39, 0.29) is 12.1 Å². The van der Waals surface area contributed by atoms with Crippen molar-refractivity contribution in [3.63, 3.8) is 0 Å². The van der Waals surface area contributed by atoms with Gasteiger partial charge in [-0.3, -0.25) is 0 Å². The standard InChI is InChI=1S/C16H23ClN2O3/c1-16(2,3)22-15(20)19-6-5-13(18)11-8-12(17)14(21-4)7-10(11)9-19/h7-8,13H,5-6,9,18H2,1-4H3. The molecule has 0 saturated carbocycles. The number of amides is 1. The zero-order valence-electron chi connectivity index (χ0n) is 13.5. The molecule has 1 aromatic carbocycles. The maximum atomic E-state index is 12.3. The molecule has 5 nitrogen and oxygen atoms in total. The van der Waals surface area contributed by atoms with Gasteiger partial charge in [0, 0.05) is 19.1 Å². The molecular weight excluding hydrogens is 304 g/mol. The van der Waals surface area contributed by atoms with Gasteiger partial charge in [-0.15, -0.1) is 0 Å². The highest BCUT2D eigenvalue weighted by Gasteiger charge is 2.27. The minimum atomic E-state index is -0.522. The van der Waals surface area contributed by atoms with E-state index < -0.39 is 5.60 Å². The Bertz CT molecular complexity index is 569. The number of halogens is 1. The van der Waals surface area contributed by atoms with Crippen LogP contribution in [0.25, 0.3) is 0 Å². The lowest BCUT2D eigenvalue weighted by molar-refractivity contribution is 0.0235. The molecule has 0 bridgehead atoms. The van der Waals surface area contributed by atoms with Gasteiger partial charge in [-0.2, -0.15) is 0 Å². The molecule has 6 heteroatoms. The molecule has 0 radical (unpaired) electrons. The fourth-order valence-electron chi connectivity index (χ4n) is 2.47. The minimum absolute atomic E-state index is 0.161. The van der Waals surface area contributed by atoms with Crippen LogP contribution in [0.3, 0.4) is 0 Å². The van der Waals surface area contributed by atoms with Gasteiger partial charge in [0.15, 0.2) is 0 Å². The van der Waals surface area contributed by atoms with Gasteiger partial charge in [0.25, 0.3) is 0 Å². The normalized spacial score (nSPS) is 18.5. The summed E-state index contributed by atoms with van der Waals surface area (Å²) >= 11 is 6.18. The average molecular weight is 327 g/mol. The van der Waals surface area contributed by atoms with E-state index >= 15 is 0 Å². The Hall–Kier alpha value is -1.46. The largest absolute Gasteiger partial charge is 0.495 e. The van der Waals surface area contributed by atoms with Crippen LogP contribution >= 0.6 is 11.6 Å². The van der Waals surface area contributed by atoms with Crippen LogP contribution in [0.1, 0.15) is 44.4 Å². The molecule has 1 atom stereocenters. The van der Waals surface area contributed by atoms with E-state index in [1.165, 1.54) is 0 Å². The first-order valence-corrected chi connectivity index (χ1v) is 7.69. The van der Waals surface area contributed by atoms with Gasteiger partial charge in [0.2, 0.25) is 0 Å². The Morgan fingerprint density at radius 2 is 2.09 bits per heavy atom. The molecule has 1 aliphatic heterocycles. The molecule has 1 amide bonds. The zero-order chi connectivity index (χ0) is 16.5. The summed E-state index contributed by atoms with van der Waals surface area (Å²) in [6.45, 7) is 6.54. The summed E-state index contributed by atoms with van der Waals surface area (Å²) in [7, 11) is 1.57. The smallest absolute Gasteiger partial charge is 0.410 e. The maximum absolute atomic E-state index is 12.3. The van der Waals surface area contributed by atoms with Gasteiger partial charge in [-0.1, -0.05) is 11.6 Å². The van der Waals surface area contributed by atoms with Gasteiger partial charge >= 0.3 is 6.09 Å². The van der Waals surface area contributed by atoms with E-state index in [0.717, 1.165) is 11.1 Å². The molecule has 0 fully saturated rings. The van der Waals surface area contributed by atoms with Crippen molar-refractivity contribution in [3.8, 4) is 5.75 Å². The molecule has 0 aliphatic carbocycles. The first-order chi connectivity index (χ1) is 10.2. The number of nitrogens with zero attached hydrogens (tertiary/aromatic N) is 1. The molecule has 22 heavy (non-hydrogen) atoms. The van der Waals surface area contributed by atoms with E-state index in [9.17, 15) is 4.79 Å². The second kappa shape index (κ2) is 6.34. The van der Waals surface area contributed by atoms with Gasteiger partial charge in [-0.05, 0) is 50.5 Å². The van der Waals surface area contributed by atoms with Crippen LogP contribution in [0.5, 0.6) is 5.75 Å². The molecule has 1 unspecified atom stereocenters. The van der Waals surface area contributed by atoms with Crippen LogP contribution < -0.4 is 10.5 Å². The van der Waals surface area contributed by atoms with Gasteiger partial charge in [0.1, 0.15) is 11.4 Å². The Morgan fingerprint density at radius 3 is 2.68 bits per heavy atom. The number of benzene rings is 1. The first kappa shape index (κ1) is 16.9. The number of methoxy groups -OCH3 is 1. The van der Waals surface area contributed by atoms with E-state index in [2.05, 4.69) is 0 Å². The van der Waals surface area contributed by atoms with Crippen molar-refractivity contribution in [1.82, 2.24) is 4.90 Å². The molecule has 122 valence electrons. The van der Waals surface area contributed by atoms with Crippen molar-refractivity contribution >= 4 is 17.7 Å². The maximum Gasteiger partial charge on any atom is 0.410 e. The number of hydrogen-bond acceptors (Lipinski definition) is 4. The van der Waals surface area contributed by atoms with E-state index in [4.69, 9.17) is 26.8 Å². The lowest BCUT2D eigenvalue weighted by Crippen LogP contribution is -2.36. The van der Waals surface area contributed by atoms with Crippen molar-refractivity contribution in [1.29, 1.82) is 0 Å². The third-order valence-corrected chi connectivity index (χ3v) is 3.83. The van der Waals surface area contributed by atoms with Crippen LogP contribution in [-0.2, 0) is 11.3 Å². The van der Waals surface area contributed by atoms with Crippen molar-refractivity contribution in [2.45, 2.75) is 45.4 Å². The third-order valence-electron chi connectivity index (χ3n) is 3.54. The number of fused-ring (bicyclic) bond motifs is 1. The molecular formula is C16H23ClN2O3. The molecule has 1 heterocycles. The topological polar surface area (TPSA) is 64.8 Å². The molecule has 0 spiro atoms. The fourth-order valence-corrected chi connectivity index (χ4v) is 2.72. The van der Waals surface area contributed by atoms with Crippen molar-refractivity contribution in [2.75, 3.05) is 13.7 Å².